The fourth-order valence-electron chi connectivity index (χ4n) is 3.09. The maximum absolute atomic E-state index is 12.4. The monoisotopic (exact) mass is 249 g/mol. The first-order valence-electron chi connectivity index (χ1n) is 6.54. The molecule has 2 saturated heterocycles. The molecule has 98 valence electrons. The first kappa shape index (κ1) is 11.8. The van der Waals surface area contributed by atoms with Gasteiger partial charge in [-0.1, -0.05) is 0 Å². The molecule has 0 N–H and O–H groups in total. The molecular weight excluding hydrogens is 230 g/mol. The minimum absolute atomic E-state index is 0.105. The molecule has 3 heterocycles. The molecule has 4 heteroatoms. The molecule has 2 aliphatic rings. The molecule has 0 aliphatic carbocycles. The van der Waals surface area contributed by atoms with Crippen molar-refractivity contribution in [1.29, 1.82) is 0 Å². The third kappa shape index (κ3) is 1.85. The quantitative estimate of drug-likeness (QED) is 0.766. The zero-order chi connectivity index (χ0) is 12.8. The topological polar surface area (TPSA) is 42.7 Å². The maximum Gasteiger partial charge on any atom is 0.257 e. The van der Waals surface area contributed by atoms with Gasteiger partial charge >= 0.3 is 0 Å². The number of nitrogens with zero attached hydrogens (tertiary/aromatic N) is 1. The van der Waals surface area contributed by atoms with Gasteiger partial charge in [0.15, 0.2) is 0 Å². The highest BCUT2D eigenvalue weighted by Gasteiger charge is 2.43. The Morgan fingerprint density at radius 3 is 2.83 bits per heavy atom. The lowest BCUT2D eigenvalue weighted by Crippen LogP contribution is -2.32. The molecule has 18 heavy (non-hydrogen) atoms. The van der Waals surface area contributed by atoms with Gasteiger partial charge in [0.1, 0.15) is 11.5 Å². The molecule has 0 saturated carbocycles. The number of rotatable bonds is 1. The van der Waals surface area contributed by atoms with Crippen LogP contribution in [0.25, 0.3) is 0 Å². The van der Waals surface area contributed by atoms with Crippen molar-refractivity contribution >= 4 is 5.91 Å². The minimum Gasteiger partial charge on any atom is -0.466 e. The number of furan rings is 1. The average molecular weight is 249 g/mol. The van der Waals surface area contributed by atoms with Crippen LogP contribution in [0.4, 0.5) is 0 Å². The van der Waals surface area contributed by atoms with Gasteiger partial charge in [0.2, 0.25) is 0 Å². The van der Waals surface area contributed by atoms with Crippen LogP contribution in [0.5, 0.6) is 0 Å². The van der Waals surface area contributed by atoms with E-state index in [1.165, 1.54) is 0 Å². The van der Waals surface area contributed by atoms with Crippen LogP contribution >= 0.6 is 0 Å². The van der Waals surface area contributed by atoms with E-state index in [1.807, 2.05) is 24.8 Å². The second-order valence-corrected chi connectivity index (χ2v) is 5.61. The first-order chi connectivity index (χ1) is 8.60. The van der Waals surface area contributed by atoms with E-state index >= 15 is 0 Å². The Hall–Kier alpha value is -1.29. The van der Waals surface area contributed by atoms with E-state index in [0.29, 0.717) is 5.56 Å². The van der Waals surface area contributed by atoms with E-state index < -0.39 is 0 Å². The summed E-state index contributed by atoms with van der Waals surface area (Å²) in [4.78, 5) is 14.4. The fraction of sp³-hybridized carbons (Fsp3) is 0.643. The van der Waals surface area contributed by atoms with Crippen molar-refractivity contribution in [3.05, 3.63) is 23.2 Å². The van der Waals surface area contributed by atoms with Gasteiger partial charge in [0.25, 0.3) is 5.91 Å². The number of ether oxygens (including phenoxy) is 1. The number of carbonyl (C=O) groups excluding carboxylic acids is 1. The van der Waals surface area contributed by atoms with Crippen LogP contribution in [0.2, 0.25) is 0 Å². The van der Waals surface area contributed by atoms with E-state index in [2.05, 4.69) is 0 Å². The minimum atomic E-state index is 0.105. The van der Waals surface area contributed by atoms with E-state index in [0.717, 1.165) is 50.7 Å². The average Bonchev–Trinajstić information content (AvgIpc) is 3.02. The molecule has 1 spiro atoms. The normalized spacial score (nSPS) is 27.3. The van der Waals surface area contributed by atoms with Crippen LogP contribution in [0.3, 0.4) is 0 Å². The number of hydrogen-bond acceptors (Lipinski definition) is 3. The van der Waals surface area contributed by atoms with Gasteiger partial charge in [-0.05, 0) is 32.8 Å². The number of hydrogen-bond donors (Lipinski definition) is 0. The number of carbonyl (C=O) groups is 1. The highest BCUT2D eigenvalue weighted by molar-refractivity contribution is 5.95. The lowest BCUT2D eigenvalue weighted by atomic mass is 9.87. The Labute approximate surface area is 107 Å². The van der Waals surface area contributed by atoms with Gasteiger partial charge in [0, 0.05) is 25.1 Å². The molecule has 0 aromatic carbocycles. The summed E-state index contributed by atoms with van der Waals surface area (Å²) in [5.74, 6) is 1.63. The maximum atomic E-state index is 12.4. The molecule has 3 rings (SSSR count). The zero-order valence-electron chi connectivity index (χ0n) is 11.0. The highest BCUT2D eigenvalue weighted by atomic mass is 16.5. The second-order valence-electron chi connectivity index (χ2n) is 5.61. The summed E-state index contributed by atoms with van der Waals surface area (Å²) < 4.78 is 10.9. The summed E-state index contributed by atoms with van der Waals surface area (Å²) in [5.41, 5.74) is 0.936. The van der Waals surface area contributed by atoms with Crippen LogP contribution in [0.15, 0.2) is 10.5 Å². The summed E-state index contributed by atoms with van der Waals surface area (Å²) in [6.07, 6.45) is 2.15. The van der Waals surface area contributed by atoms with E-state index in [-0.39, 0.29) is 11.3 Å². The Balaban J connectivity index is 1.76. The summed E-state index contributed by atoms with van der Waals surface area (Å²) in [6, 6.07) is 1.84. The van der Waals surface area contributed by atoms with E-state index in [1.54, 1.807) is 0 Å². The molecule has 4 nitrogen and oxygen atoms in total. The standard InChI is InChI=1S/C14H19NO3/c1-10-7-12(11(2)18-10)13(16)15-5-3-14(8-15)4-6-17-9-14/h7H,3-6,8-9H2,1-2H3. The van der Waals surface area contributed by atoms with Crippen molar-refractivity contribution in [2.75, 3.05) is 26.3 Å². The Morgan fingerprint density at radius 2 is 2.22 bits per heavy atom. The third-order valence-electron chi connectivity index (χ3n) is 4.18. The number of likely N-dealkylation sites (tertiary alicyclic amines) is 1. The molecule has 0 bridgehead atoms. The predicted molar refractivity (Wildman–Crippen MR) is 66.6 cm³/mol. The summed E-state index contributed by atoms with van der Waals surface area (Å²) >= 11 is 0. The largest absolute Gasteiger partial charge is 0.466 e. The van der Waals surface area contributed by atoms with Gasteiger partial charge in [-0.25, -0.2) is 0 Å². The molecule has 1 unspecified atom stereocenters. The molecule has 2 aliphatic heterocycles. The molecule has 2 fully saturated rings. The van der Waals surface area contributed by atoms with Gasteiger partial charge in [-0.3, -0.25) is 4.79 Å². The van der Waals surface area contributed by atoms with Crippen LogP contribution < -0.4 is 0 Å². The van der Waals surface area contributed by atoms with Crippen molar-refractivity contribution in [2.45, 2.75) is 26.7 Å². The Bertz CT molecular complexity index is 471. The van der Waals surface area contributed by atoms with Crippen LogP contribution in [-0.4, -0.2) is 37.1 Å². The van der Waals surface area contributed by atoms with Gasteiger partial charge < -0.3 is 14.1 Å². The van der Waals surface area contributed by atoms with Gasteiger partial charge in [-0.2, -0.15) is 0 Å². The molecule has 1 aromatic rings. The smallest absolute Gasteiger partial charge is 0.257 e. The second kappa shape index (κ2) is 4.12. The fourth-order valence-corrected chi connectivity index (χ4v) is 3.09. The van der Waals surface area contributed by atoms with Crippen molar-refractivity contribution < 1.29 is 13.9 Å². The molecule has 1 aromatic heterocycles. The summed E-state index contributed by atoms with van der Waals surface area (Å²) in [6.45, 7) is 7.04. The van der Waals surface area contributed by atoms with Crippen LogP contribution in [0, 0.1) is 19.3 Å². The highest BCUT2D eigenvalue weighted by Crippen LogP contribution is 2.38. The SMILES string of the molecule is Cc1cc(C(=O)N2CCC3(CCOC3)C2)c(C)o1. The van der Waals surface area contributed by atoms with Crippen LogP contribution in [0.1, 0.15) is 34.7 Å². The van der Waals surface area contributed by atoms with Crippen molar-refractivity contribution in [3.8, 4) is 0 Å². The molecule has 1 atom stereocenters. The zero-order valence-corrected chi connectivity index (χ0v) is 11.0. The van der Waals surface area contributed by atoms with Gasteiger partial charge in [0.05, 0.1) is 12.2 Å². The lowest BCUT2D eigenvalue weighted by Gasteiger charge is -2.21. The summed E-state index contributed by atoms with van der Waals surface area (Å²) in [7, 11) is 0. The molecular formula is C14H19NO3. The van der Waals surface area contributed by atoms with E-state index in [4.69, 9.17) is 9.15 Å². The summed E-state index contributed by atoms with van der Waals surface area (Å²) in [5, 5.41) is 0. The van der Waals surface area contributed by atoms with Crippen molar-refractivity contribution in [2.24, 2.45) is 5.41 Å². The lowest BCUT2D eigenvalue weighted by molar-refractivity contribution is 0.0764. The molecule has 1 amide bonds. The van der Waals surface area contributed by atoms with Crippen molar-refractivity contribution in [3.63, 3.8) is 0 Å². The van der Waals surface area contributed by atoms with Gasteiger partial charge in [-0.15, -0.1) is 0 Å². The van der Waals surface area contributed by atoms with E-state index in [9.17, 15) is 4.79 Å². The Kier molecular flexibility index (Phi) is 2.70. The van der Waals surface area contributed by atoms with Crippen LogP contribution in [-0.2, 0) is 4.74 Å². The molecule has 0 radical (unpaired) electrons. The number of aryl methyl sites for hydroxylation is 2. The third-order valence-corrected chi connectivity index (χ3v) is 4.18. The predicted octanol–water partition coefficient (Wildman–Crippen LogP) is 2.15. The van der Waals surface area contributed by atoms with Crippen molar-refractivity contribution in [1.82, 2.24) is 4.90 Å². The Morgan fingerprint density at radius 1 is 1.39 bits per heavy atom. The first-order valence-corrected chi connectivity index (χ1v) is 6.54. The number of amides is 1.